The summed E-state index contributed by atoms with van der Waals surface area (Å²) < 4.78 is 45.2. The number of amides is 1. The molecule has 1 aromatic carbocycles. The first-order chi connectivity index (χ1) is 20.5. The van der Waals surface area contributed by atoms with E-state index >= 15 is 0 Å². The lowest BCUT2D eigenvalue weighted by atomic mass is 10.0. The monoisotopic (exact) mass is 647 g/mol. The van der Waals surface area contributed by atoms with Gasteiger partial charge in [-0.2, -0.15) is 18.2 Å². The number of halogens is 4. The van der Waals surface area contributed by atoms with Crippen molar-refractivity contribution in [2.24, 2.45) is 0 Å². The Morgan fingerprint density at radius 1 is 1.14 bits per heavy atom. The Balaban J connectivity index is 0.000000548. The van der Waals surface area contributed by atoms with Gasteiger partial charge in [-0.25, -0.2) is 4.79 Å². The van der Waals surface area contributed by atoms with Gasteiger partial charge in [-0.05, 0) is 56.4 Å². The molecule has 3 aromatic heterocycles. The zero-order valence-corrected chi connectivity index (χ0v) is 25.9. The van der Waals surface area contributed by atoms with Gasteiger partial charge in [-0.3, -0.25) is 14.3 Å². The minimum atomic E-state index is -4.64. The molecule has 43 heavy (non-hydrogen) atoms. The molecule has 0 spiro atoms. The van der Waals surface area contributed by atoms with Crippen molar-refractivity contribution in [1.82, 2.24) is 19.4 Å². The Morgan fingerprint density at radius 3 is 2.37 bits per heavy atom. The normalized spacial score (nSPS) is 18.6. The molecule has 2 atom stereocenters. The number of hydrogen-bond donors (Lipinski definition) is 0. The Bertz CT molecular complexity index is 1670. The second-order valence-electron chi connectivity index (χ2n) is 10.3. The Kier molecular flexibility index (Phi) is 9.19. The van der Waals surface area contributed by atoms with Crippen molar-refractivity contribution in [2.75, 3.05) is 23.7 Å². The van der Waals surface area contributed by atoms with Gasteiger partial charge in [0, 0.05) is 70.2 Å². The molecule has 4 aromatic rings. The van der Waals surface area contributed by atoms with Gasteiger partial charge in [0.05, 0.1) is 16.1 Å². The van der Waals surface area contributed by atoms with Gasteiger partial charge in [0.25, 0.3) is 0 Å². The van der Waals surface area contributed by atoms with Crippen molar-refractivity contribution in [1.29, 1.82) is 0 Å². The number of carbonyl (C=O) groups is 1. The van der Waals surface area contributed by atoms with Gasteiger partial charge in [0.1, 0.15) is 5.82 Å². The van der Waals surface area contributed by atoms with Crippen LogP contribution in [0.3, 0.4) is 0 Å². The molecule has 1 fully saturated rings. The summed E-state index contributed by atoms with van der Waals surface area (Å²) in [5, 5.41) is 2.25. The van der Waals surface area contributed by atoms with E-state index < -0.39 is 17.4 Å². The first kappa shape index (κ1) is 31.1. The van der Waals surface area contributed by atoms with Crippen LogP contribution in [0.25, 0.3) is 21.3 Å². The third-order valence-electron chi connectivity index (χ3n) is 7.30. The van der Waals surface area contributed by atoms with Crippen molar-refractivity contribution in [3.8, 4) is 10.4 Å². The predicted octanol–water partition coefficient (Wildman–Crippen LogP) is 6.99. The number of pyridine rings is 1. The number of benzene rings is 1. The van der Waals surface area contributed by atoms with Crippen LogP contribution in [0.2, 0.25) is 5.02 Å². The highest BCUT2D eigenvalue weighted by Gasteiger charge is 2.39. The summed E-state index contributed by atoms with van der Waals surface area (Å²) in [5.74, 6) is 0.566. The summed E-state index contributed by atoms with van der Waals surface area (Å²) in [6, 6.07) is 7.87. The van der Waals surface area contributed by atoms with E-state index in [-0.39, 0.29) is 34.8 Å². The molecule has 0 aliphatic carbocycles. The number of thiophene rings is 1. The van der Waals surface area contributed by atoms with Crippen LogP contribution in [0.15, 0.2) is 70.5 Å². The Labute approximate surface area is 260 Å². The Morgan fingerprint density at radius 2 is 1.84 bits per heavy atom. The summed E-state index contributed by atoms with van der Waals surface area (Å²) >= 11 is 8.58. The van der Waals surface area contributed by atoms with E-state index in [9.17, 15) is 22.8 Å². The van der Waals surface area contributed by atoms with Crippen LogP contribution in [0.5, 0.6) is 0 Å². The second-order valence-corrected chi connectivity index (χ2v) is 12.8. The molecule has 1 saturated heterocycles. The van der Waals surface area contributed by atoms with Crippen LogP contribution in [0.4, 0.5) is 19.0 Å². The maximum absolute atomic E-state index is 14.6. The largest absolute Gasteiger partial charge is 0.417 e. The van der Waals surface area contributed by atoms with Gasteiger partial charge < -0.3 is 9.80 Å². The molecule has 2 aliphatic heterocycles. The van der Waals surface area contributed by atoms with E-state index in [2.05, 4.69) is 16.5 Å². The van der Waals surface area contributed by atoms with E-state index in [1.54, 1.807) is 22.7 Å². The second kappa shape index (κ2) is 12.7. The fourth-order valence-corrected chi connectivity index (χ4v) is 8.04. The highest BCUT2D eigenvalue weighted by Crippen LogP contribution is 2.49. The SMILES string of the molecule is C=CC(=O)N1C(C)CN(c2nc(=O)n3c4c(c(-c5cc(Cl)cs5)c(C(F)(F)F)cc24)SCCC3)C[C@@H]1C.c1ccncc1. The summed E-state index contributed by atoms with van der Waals surface area (Å²) in [4.78, 5) is 38.1. The van der Waals surface area contributed by atoms with Crippen molar-refractivity contribution >= 4 is 57.3 Å². The first-order valence-corrected chi connectivity index (χ1v) is 15.9. The van der Waals surface area contributed by atoms with Crippen LogP contribution < -0.4 is 10.6 Å². The van der Waals surface area contributed by atoms with Gasteiger partial charge in [-0.15, -0.1) is 23.1 Å². The molecule has 1 amide bonds. The standard InChI is InChI=1S/C25H24ClF3N4O2S2.C5H5N/c1-4-19(34)33-13(2)10-31(11-14(33)3)23-16-9-17(25(27,28)29)20(18-8-15(26)12-37-18)22-21(16)32(24(35)30-23)6-5-7-36-22;1-2-4-6-5-3-1/h4,8-9,12-14H,1,5-7,10-11H2,2-3H3;1-5H/t13-,14?;/m0./s1. The zero-order valence-electron chi connectivity index (χ0n) is 23.5. The predicted molar refractivity (Wildman–Crippen MR) is 167 cm³/mol. The van der Waals surface area contributed by atoms with Gasteiger partial charge in [0.15, 0.2) is 0 Å². The zero-order chi connectivity index (χ0) is 30.9. The summed E-state index contributed by atoms with van der Waals surface area (Å²) in [6.45, 7) is 8.31. The third kappa shape index (κ3) is 6.32. The lowest BCUT2D eigenvalue weighted by Crippen LogP contribution is -2.58. The molecule has 1 unspecified atom stereocenters. The van der Waals surface area contributed by atoms with E-state index in [4.69, 9.17) is 11.6 Å². The van der Waals surface area contributed by atoms with E-state index in [1.807, 2.05) is 36.9 Å². The van der Waals surface area contributed by atoms with Crippen molar-refractivity contribution < 1.29 is 18.0 Å². The molecule has 0 saturated carbocycles. The van der Waals surface area contributed by atoms with E-state index in [0.717, 1.165) is 17.4 Å². The molecule has 226 valence electrons. The van der Waals surface area contributed by atoms with Gasteiger partial charge in [-0.1, -0.05) is 24.2 Å². The van der Waals surface area contributed by atoms with E-state index in [0.29, 0.717) is 52.1 Å². The maximum Gasteiger partial charge on any atom is 0.417 e. The molecule has 0 bridgehead atoms. The topological polar surface area (TPSA) is 71.3 Å². The van der Waals surface area contributed by atoms with Gasteiger partial charge in [0.2, 0.25) is 5.91 Å². The molecule has 0 radical (unpaired) electrons. The van der Waals surface area contributed by atoms with Crippen molar-refractivity contribution in [3.63, 3.8) is 0 Å². The smallest absolute Gasteiger partial charge is 0.352 e. The third-order valence-corrected chi connectivity index (χ3v) is 9.78. The van der Waals surface area contributed by atoms with Crippen LogP contribution >= 0.6 is 34.7 Å². The lowest BCUT2D eigenvalue weighted by Gasteiger charge is -2.44. The number of aromatic nitrogens is 3. The van der Waals surface area contributed by atoms with Crippen LogP contribution in [0.1, 0.15) is 25.8 Å². The average molecular weight is 648 g/mol. The lowest BCUT2D eigenvalue weighted by molar-refractivity contribution is -0.137. The summed E-state index contributed by atoms with van der Waals surface area (Å²) in [6.07, 6.45) is 0.736. The number of thioether (sulfide) groups is 1. The number of piperazine rings is 1. The maximum atomic E-state index is 14.6. The molecule has 6 rings (SSSR count). The molecule has 5 heterocycles. The number of aryl methyl sites for hydroxylation is 1. The molecular weight excluding hydrogens is 619 g/mol. The van der Waals surface area contributed by atoms with Crippen molar-refractivity contribution in [2.45, 2.75) is 50.0 Å². The minimum Gasteiger partial charge on any atom is -0.352 e. The van der Waals surface area contributed by atoms with E-state index in [1.165, 1.54) is 28.5 Å². The number of hydrogen-bond acceptors (Lipinski definition) is 7. The van der Waals surface area contributed by atoms with Crippen molar-refractivity contribution in [3.05, 3.63) is 81.8 Å². The molecular formula is C30H29ClF3N5O2S2. The Hall–Kier alpha value is -3.35. The molecule has 7 nitrogen and oxygen atoms in total. The van der Waals surface area contributed by atoms with Gasteiger partial charge >= 0.3 is 11.9 Å². The molecule has 0 N–H and O–H groups in total. The highest BCUT2D eigenvalue weighted by atomic mass is 35.5. The van der Waals surface area contributed by atoms with Crippen LogP contribution in [-0.4, -0.2) is 56.3 Å². The number of anilines is 1. The summed E-state index contributed by atoms with van der Waals surface area (Å²) in [7, 11) is 0. The number of carbonyl (C=O) groups excluding carboxylic acids is 1. The first-order valence-electron chi connectivity index (χ1n) is 13.6. The fourth-order valence-electron chi connectivity index (χ4n) is 5.64. The highest BCUT2D eigenvalue weighted by molar-refractivity contribution is 7.99. The molecule has 13 heteroatoms. The summed E-state index contributed by atoms with van der Waals surface area (Å²) in [5.41, 5.74) is -0.754. The van der Waals surface area contributed by atoms with Crippen LogP contribution in [-0.2, 0) is 17.5 Å². The fraction of sp³-hybridized carbons (Fsp3) is 0.333. The quantitative estimate of drug-likeness (QED) is 0.223. The average Bonchev–Trinajstić information content (AvgIpc) is 3.28. The minimum absolute atomic E-state index is 0.0530. The number of rotatable bonds is 3. The van der Waals surface area contributed by atoms with Crippen LogP contribution in [0, 0.1) is 0 Å². The number of alkyl halides is 3. The molecule has 2 aliphatic rings. The number of nitrogens with zero attached hydrogens (tertiary/aromatic N) is 5.